The quantitative estimate of drug-likeness (QED) is 0.306. The Morgan fingerprint density at radius 2 is 1.33 bits per heavy atom. The summed E-state index contributed by atoms with van der Waals surface area (Å²) >= 11 is 0. The number of amides is 1. The predicted molar refractivity (Wildman–Crippen MR) is 123 cm³/mol. The van der Waals surface area contributed by atoms with Crippen LogP contribution in [0.4, 0.5) is 0 Å². The third kappa shape index (κ3) is 5.68. The lowest BCUT2D eigenvalue weighted by Crippen LogP contribution is -2.26. The van der Waals surface area contributed by atoms with Gasteiger partial charge in [0.1, 0.15) is 5.56 Å². The lowest BCUT2D eigenvalue weighted by molar-refractivity contribution is -0.124. The molecule has 3 aromatic rings. The zero-order valence-electron chi connectivity index (χ0n) is 18.5. The van der Waals surface area contributed by atoms with Gasteiger partial charge in [-0.2, -0.15) is 5.10 Å². The number of ether oxygens (including phenoxy) is 4. The Labute approximate surface area is 191 Å². The third-order valence-electron chi connectivity index (χ3n) is 4.65. The fourth-order valence-corrected chi connectivity index (χ4v) is 3.11. The van der Waals surface area contributed by atoms with Crippen LogP contribution in [0.25, 0.3) is 0 Å². The topological polar surface area (TPSA) is 95.5 Å². The molecule has 0 saturated carbocycles. The molecule has 0 unspecified atom stereocenters. The lowest BCUT2D eigenvalue weighted by Gasteiger charge is -2.15. The third-order valence-corrected chi connectivity index (χ3v) is 4.65. The summed E-state index contributed by atoms with van der Waals surface area (Å²) in [4.78, 5) is 24.9. The first-order valence-electron chi connectivity index (χ1n) is 10.0. The average molecular weight is 448 g/mol. The number of carbonyl (C=O) groups excluding carboxylic acids is 2. The molecule has 1 amide bonds. The second-order valence-corrected chi connectivity index (χ2v) is 6.69. The molecule has 0 aliphatic heterocycles. The van der Waals surface area contributed by atoms with Gasteiger partial charge in [0.2, 0.25) is 5.75 Å². The van der Waals surface area contributed by atoms with Crippen LogP contribution in [0.5, 0.6) is 17.2 Å². The van der Waals surface area contributed by atoms with Crippen molar-refractivity contribution in [3.63, 3.8) is 0 Å². The molecule has 0 aromatic heterocycles. The molecule has 8 heteroatoms. The number of methoxy groups -OCH3 is 3. The molecule has 0 radical (unpaired) electrons. The predicted octanol–water partition coefficient (Wildman–Crippen LogP) is 3.44. The second-order valence-electron chi connectivity index (χ2n) is 6.69. The van der Waals surface area contributed by atoms with Crippen LogP contribution in [0.3, 0.4) is 0 Å². The lowest BCUT2D eigenvalue weighted by atomic mass is 10.0. The zero-order valence-corrected chi connectivity index (χ0v) is 18.5. The van der Waals surface area contributed by atoms with Crippen molar-refractivity contribution < 1.29 is 28.5 Å². The van der Waals surface area contributed by atoms with Crippen LogP contribution in [0.2, 0.25) is 0 Å². The zero-order chi connectivity index (χ0) is 23.6. The van der Waals surface area contributed by atoms with Gasteiger partial charge in [0.05, 0.1) is 27.0 Å². The van der Waals surface area contributed by atoms with Gasteiger partial charge in [-0.05, 0) is 12.1 Å². The molecule has 0 aliphatic rings. The number of nitrogens with one attached hydrogen (secondary N) is 1. The van der Waals surface area contributed by atoms with Crippen LogP contribution in [0.1, 0.15) is 21.5 Å². The molecule has 8 nitrogen and oxygen atoms in total. The number of hydrogen-bond donors (Lipinski definition) is 1. The fourth-order valence-electron chi connectivity index (χ4n) is 3.11. The van der Waals surface area contributed by atoms with E-state index in [-0.39, 0.29) is 17.1 Å². The smallest absolute Gasteiger partial charge is 0.342 e. The van der Waals surface area contributed by atoms with E-state index in [0.717, 1.165) is 11.1 Å². The Hall–Kier alpha value is -4.33. The normalized spacial score (nSPS) is 10.0. The monoisotopic (exact) mass is 448 g/mol. The van der Waals surface area contributed by atoms with E-state index >= 15 is 0 Å². The standard InChI is InChI=1S/C25H24N2O6/c1-30-20-15-14-19(23(31-2)24(20)32-3)25(29)33-16-21(28)26-27-22(17-10-6-4-7-11-17)18-12-8-5-9-13-18/h4-15H,16H2,1-3H3,(H,26,28). The van der Waals surface area contributed by atoms with Crippen LogP contribution in [0.15, 0.2) is 77.9 Å². The van der Waals surface area contributed by atoms with Crippen molar-refractivity contribution in [3.05, 3.63) is 89.5 Å². The molecule has 33 heavy (non-hydrogen) atoms. The minimum Gasteiger partial charge on any atom is -0.493 e. The first-order valence-corrected chi connectivity index (χ1v) is 10.0. The molecular weight excluding hydrogens is 424 g/mol. The van der Waals surface area contributed by atoms with E-state index in [1.165, 1.54) is 27.4 Å². The molecule has 0 atom stereocenters. The highest BCUT2D eigenvalue weighted by atomic mass is 16.5. The van der Waals surface area contributed by atoms with E-state index in [1.54, 1.807) is 6.07 Å². The summed E-state index contributed by atoms with van der Waals surface area (Å²) in [5, 5.41) is 4.26. The van der Waals surface area contributed by atoms with Gasteiger partial charge in [-0.25, -0.2) is 10.2 Å². The summed E-state index contributed by atoms with van der Waals surface area (Å²) in [6.07, 6.45) is 0. The van der Waals surface area contributed by atoms with E-state index in [4.69, 9.17) is 18.9 Å². The summed E-state index contributed by atoms with van der Waals surface area (Å²) in [5.41, 5.74) is 4.79. The number of nitrogens with zero attached hydrogens (tertiary/aromatic N) is 1. The Morgan fingerprint density at radius 1 is 0.758 bits per heavy atom. The summed E-state index contributed by atoms with van der Waals surface area (Å²) in [7, 11) is 4.29. The van der Waals surface area contributed by atoms with Crippen LogP contribution < -0.4 is 19.6 Å². The van der Waals surface area contributed by atoms with Gasteiger partial charge < -0.3 is 18.9 Å². The number of hydrogen-bond acceptors (Lipinski definition) is 7. The summed E-state index contributed by atoms with van der Waals surface area (Å²) < 4.78 is 20.9. The maximum absolute atomic E-state index is 12.6. The molecule has 0 heterocycles. The van der Waals surface area contributed by atoms with E-state index in [2.05, 4.69) is 10.5 Å². The van der Waals surface area contributed by atoms with Gasteiger partial charge in [-0.3, -0.25) is 4.79 Å². The highest BCUT2D eigenvalue weighted by Gasteiger charge is 2.22. The van der Waals surface area contributed by atoms with Crippen molar-refractivity contribution in [2.75, 3.05) is 27.9 Å². The molecular formula is C25H24N2O6. The molecule has 1 N–H and O–H groups in total. The highest BCUT2D eigenvalue weighted by Crippen LogP contribution is 2.39. The van der Waals surface area contributed by atoms with Crippen LogP contribution >= 0.6 is 0 Å². The molecule has 0 saturated heterocycles. The summed E-state index contributed by atoms with van der Waals surface area (Å²) in [6, 6.07) is 21.9. The van der Waals surface area contributed by atoms with E-state index < -0.39 is 18.5 Å². The molecule has 0 fully saturated rings. The number of benzene rings is 3. The van der Waals surface area contributed by atoms with Crippen molar-refractivity contribution >= 4 is 17.6 Å². The Kier molecular flexibility index (Phi) is 8.02. The van der Waals surface area contributed by atoms with Crippen LogP contribution in [-0.4, -0.2) is 45.5 Å². The molecule has 3 rings (SSSR count). The Balaban J connectivity index is 1.72. The number of carbonyl (C=O) groups is 2. The van der Waals surface area contributed by atoms with E-state index in [1.807, 2.05) is 60.7 Å². The largest absolute Gasteiger partial charge is 0.493 e. The average Bonchev–Trinajstić information content (AvgIpc) is 2.87. The molecule has 0 bridgehead atoms. The maximum atomic E-state index is 12.6. The molecule has 0 aliphatic carbocycles. The molecule has 0 spiro atoms. The van der Waals surface area contributed by atoms with Crippen molar-refractivity contribution in [1.29, 1.82) is 0 Å². The molecule has 170 valence electrons. The van der Waals surface area contributed by atoms with Gasteiger partial charge in [0, 0.05) is 11.1 Å². The SMILES string of the molecule is COc1ccc(C(=O)OCC(=O)NN=C(c2ccccc2)c2ccccc2)c(OC)c1OC. The van der Waals surface area contributed by atoms with Crippen molar-refractivity contribution in [1.82, 2.24) is 5.43 Å². The van der Waals surface area contributed by atoms with Gasteiger partial charge in [-0.15, -0.1) is 0 Å². The fraction of sp³-hybridized carbons (Fsp3) is 0.160. The summed E-state index contributed by atoms with van der Waals surface area (Å²) in [6.45, 7) is -0.531. The van der Waals surface area contributed by atoms with Gasteiger partial charge >= 0.3 is 5.97 Å². The van der Waals surface area contributed by atoms with Crippen molar-refractivity contribution in [3.8, 4) is 17.2 Å². The minimum absolute atomic E-state index is 0.0979. The second kappa shape index (κ2) is 11.3. The minimum atomic E-state index is -0.752. The molecule has 3 aromatic carbocycles. The van der Waals surface area contributed by atoms with Crippen molar-refractivity contribution in [2.24, 2.45) is 5.10 Å². The van der Waals surface area contributed by atoms with Gasteiger partial charge in [-0.1, -0.05) is 60.7 Å². The van der Waals surface area contributed by atoms with Gasteiger partial charge in [0.25, 0.3) is 5.91 Å². The van der Waals surface area contributed by atoms with Crippen LogP contribution in [-0.2, 0) is 9.53 Å². The number of esters is 1. The Morgan fingerprint density at radius 3 is 1.85 bits per heavy atom. The first-order chi connectivity index (χ1) is 16.1. The first kappa shape index (κ1) is 23.3. The van der Waals surface area contributed by atoms with Crippen molar-refractivity contribution in [2.45, 2.75) is 0 Å². The number of hydrazone groups is 1. The number of rotatable bonds is 9. The van der Waals surface area contributed by atoms with Crippen LogP contribution in [0, 0.1) is 0 Å². The Bertz CT molecular complexity index is 1090. The van der Waals surface area contributed by atoms with Gasteiger partial charge in [0.15, 0.2) is 18.1 Å². The van der Waals surface area contributed by atoms with E-state index in [0.29, 0.717) is 11.5 Å². The maximum Gasteiger partial charge on any atom is 0.342 e. The summed E-state index contributed by atoms with van der Waals surface area (Å²) in [5.74, 6) is -0.549. The van der Waals surface area contributed by atoms with E-state index in [9.17, 15) is 9.59 Å². The highest BCUT2D eigenvalue weighted by molar-refractivity contribution is 6.13.